The highest BCUT2D eigenvalue weighted by atomic mass is 16.1. The minimum absolute atomic E-state index is 0.0870. The molecule has 0 fully saturated rings. The van der Waals surface area contributed by atoms with Crippen molar-refractivity contribution in [3.8, 4) is 6.07 Å². The number of carbonyl (C=O) groups excluding carboxylic acids is 1. The second-order valence-corrected chi connectivity index (χ2v) is 3.45. The summed E-state index contributed by atoms with van der Waals surface area (Å²) in [4.78, 5) is 11.6. The van der Waals surface area contributed by atoms with E-state index in [4.69, 9.17) is 5.26 Å². The van der Waals surface area contributed by atoms with Crippen molar-refractivity contribution in [2.45, 2.75) is 13.3 Å². The van der Waals surface area contributed by atoms with Gasteiger partial charge in [-0.2, -0.15) is 5.26 Å². The molecule has 0 radical (unpaired) electrons. The number of hydrogen-bond donors (Lipinski definition) is 0. The predicted octanol–water partition coefficient (Wildman–Crippen LogP) is 1.93. The molecule has 1 aliphatic rings. The molecule has 0 saturated heterocycles. The van der Waals surface area contributed by atoms with E-state index >= 15 is 0 Å². The molecule has 1 atom stereocenters. The number of Topliss-reactive ketones (excluding diaryl/α,β-unsaturated/α-hetero) is 1. The molecule has 0 aromatic heterocycles. The van der Waals surface area contributed by atoms with Gasteiger partial charge in [0.2, 0.25) is 0 Å². The van der Waals surface area contributed by atoms with Crippen molar-refractivity contribution in [2.24, 2.45) is 5.92 Å². The molecule has 1 aromatic rings. The van der Waals surface area contributed by atoms with E-state index in [0.29, 0.717) is 5.56 Å². The van der Waals surface area contributed by atoms with Crippen LogP contribution in [0.4, 0.5) is 0 Å². The van der Waals surface area contributed by atoms with Crippen LogP contribution in [0.1, 0.15) is 28.4 Å². The van der Waals surface area contributed by atoms with Gasteiger partial charge in [-0.15, -0.1) is 0 Å². The Morgan fingerprint density at radius 1 is 1.54 bits per heavy atom. The number of fused-ring (bicyclic) bond motifs is 1. The normalized spacial score (nSPS) is 19.7. The molecule has 1 aromatic carbocycles. The summed E-state index contributed by atoms with van der Waals surface area (Å²) in [6, 6.07) is 7.39. The van der Waals surface area contributed by atoms with Crippen LogP contribution in [0.25, 0.3) is 0 Å². The molecule has 0 bridgehead atoms. The summed E-state index contributed by atoms with van der Waals surface area (Å²) in [5.74, 6) is 0.260. The number of carbonyl (C=O) groups is 1. The Bertz CT molecular complexity index is 415. The van der Waals surface area contributed by atoms with Crippen molar-refractivity contribution in [1.29, 1.82) is 5.26 Å². The zero-order valence-corrected chi connectivity index (χ0v) is 7.37. The van der Waals surface area contributed by atoms with Crippen molar-refractivity contribution in [3.63, 3.8) is 0 Å². The Balaban J connectivity index is 2.56. The molecule has 2 rings (SSSR count). The summed E-state index contributed by atoms with van der Waals surface area (Å²) in [7, 11) is 0. The van der Waals surface area contributed by atoms with E-state index in [9.17, 15) is 4.79 Å². The molecule has 64 valence electrons. The first-order valence-electron chi connectivity index (χ1n) is 4.29. The molecular formula is C11H9NO. The van der Waals surface area contributed by atoms with Crippen molar-refractivity contribution in [1.82, 2.24) is 0 Å². The molecule has 2 heteroatoms. The Morgan fingerprint density at radius 2 is 2.31 bits per heavy atom. The summed E-state index contributed by atoms with van der Waals surface area (Å²) in [5, 5.41) is 8.66. The van der Waals surface area contributed by atoms with Gasteiger partial charge in [-0.25, -0.2) is 0 Å². The lowest BCUT2D eigenvalue weighted by Gasteiger charge is -1.95. The van der Waals surface area contributed by atoms with Crippen LogP contribution in [0.15, 0.2) is 18.2 Å². The molecular weight excluding hydrogens is 162 g/mol. The van der Waals surface area contributed by atoms with E-state index in [2.05, 4.69) is 0 Å². The fourth-order valence-corrected chi connectivity index (χ4v) is 1.74. The van der Waals surface area contributed by atoms with Crippen molar-refractivity contribution >= 4 is 5.78 Å². The summed E-state index contributed by atoms with van der Waals surface area (Å²) in [6.45, 7) is 1.92. The van der Waals surface area contributed by atoms with Gasteiger partial charge in [0.1, 0.15) is 0 Å². The van der Waals surface area contributed by atoms with Gasteiger partial charge in [0.25, 0.3) is 0 Å². The van der Waals surface area contributed by atoms with E-state index in [0.717, 1.165) is 17.5 Å². The maximum atomic E-state index is 11.6. The highest BCUT2D eigenvalue weighted by Gasteiger charge is 2.26. The summed E-state index contributed by atoms with van der Waals surface area (Å²) >= 11 is 0. The number of benzene rings is 1. The third kappa shape index (κ3) is 1.13. The third-order valence-electron chi connectivity index (χ3n) is 2.48. The maximum Gasteiger partial charge on any atom is 0.166 e. The zero-order valence-electron chi connectivity index (χ0n) is 7.37. The first kappa shape index (κ1) is 8.00. The second-order valence-electron chi connectivity index (χ2n) is 3.45. The van der Waals surface area contributed by atoms with Crippen LogP contribution in [0.3, 0.4) is 0 Å². The molecule has 0 amide bonds. The molecule has 1 aliphatic carbocycles. The number of nitriles is 1. The number of nitrogens with zero attached hydrogens (tertiary/aromatic N) is 1. The van der Waals surface area contributed by atoms with Crippen LogP contribution in [-0.2, 0) is 6.42 Å². The highest BCUT2D eigenvalue weighted by molar-refractivity contribution is 6.02. The van der Waals surface area contributed by atoms with Gasteiger partial charge in [0, 0.05) is 11.5 Å². The highest BCUT2D eigenvalue weighted by Crippen LogP contribution is 2.26. The lowest BCUT2D eigenvalue weighted by Crippen LogP contribution is -2.02. The zero-order chi connectivity index (χ0) is 9.42. The van der Waals surface area contributed by atoms with E-state index < -0.39 is 0 Å². The first-order valence-corrected chi connectivity index (χ1v) is 4.29. The Labute approximate surface area is 76.8 Å². The molecule has 13 heavy (non-hydrogen) atoms. The predicted molar refractivity (Wildman–Crippen MR) is 48.4 cm³/mol. The minimum atomic E-state index is 0.0870. The van der Waals surface area contributed by atoms with Crippen LogP contribution in [-0.4, -0.2) is 5.78 Å². The molecule has 0 saturated carbocycles. The van der Waals surface area contributed by atoms with Crippen LogP contribution in [0, 0.1) is 17.2 Å². The molecule has 0 heterocycles. The average molecular weight is 171 g/mol. The van der Waals surface area contributed by atoms with Gasteiger partial charge in [-0.3, -0.25) is 4.79 Å². The van der Waals surface area contributed by atoms with Crippen LogP contribution >= 0.6 is 0 Å². The third-order valence-corrected chi connectivity index (χ3v) is 2.48. The lowest BCUT2D eigenvalue weighted by molar-refractivity contribution is 0.0946. The first-order chi connectivity index (χ1) is 6.22. The maximum absolute atomic E-state index is 11.6. The summed E-state index contributed by atoms with van der Waals surface area (Å²) in [6.07, 6.45) is 0.819. The number of hydrogen-bond acceptors (Lipinski definition) is 2. The SMILES string of the molecule is CC1Cc2ccc(C#N)cc2C1=O. The van der Waals surface area contributed by atoms with Gasteiger partial charge in [0.05, 0.1) is 11.6 Å². The molecule has 0 N–H and O–H groups in total. The Morgan fingerprint density at radius 3 is 3.00 bits per heavy atom. The number of ketones is 1. The Hall–Kier alpha value is -1.62. The van der Waals surface area contributed by atoms with Crippen molar-refractivity contribution in [3.05, 3.63) is 34.9 Å². The van der Waals surface area contributed by atoms with E-state index in [-0.39, 0.29) is 11.7 Å². The van der Waals surface area contributed by atoms with Crippen LogP contribution in [0.2, 0.25) is 0 Å². The summed E-state index contributed by atoms with van der Waals surface area (Å²) < 4.78 is 0. The van der Waals surface area contributed by atoms with Crippen LogP contribution in [0.5, 0.6) is 0 Å². The monoisotopic (exact) mass is 171 g/mol. The standard InChI is InChI=1S/C11H9NO/c1-7-4-9-3-2-8(6-12)5-10(9)11(7)13/h2-3,5,7H,4H2,1H3. The topological polar surface area (TPSA) is 40.9 Å². The molecule has 2 nitrogen and oxygen atoms in total. The van der Waals surface area contributed by atoms with Crippen molar-refractivity contribution in [2.75, 3.05) is 0 Å². The molecule has 0 spiro atoms. The smallest absolute Gasteiger partial charge is 0.166 e. The largest absolute Gasteiger partial charge is 0.294 e. The van der Waals surface area contributed by atoms with Gasteiger partial charge in [-0.05, 0) is 24.1 Å². The quantitative estimate of drug-likeness (QED) is 0.598. The second kappa shape index (κ2) is 2.70. The van der Waals surface area contributed by atoms with Crippen LogP contribution < -0.4 is 0 Å². The van der Waals surface area contributed by atoms with E-state index in [1.807, 2.05) is 19.1 Å². The fraction of sp³-hybridized carbons (Fsp3) is 0.273. The average Bonchev–Trinajstić information content (AvgIpc) is 2.43. The summed E-state index contributed by atoms with van der Waals surface area (Å²) in [5.41, 5.74) is 2.39. The fourth-order valence-electron chi connectivity index (χ4n) is 1.74. The van der Waals surface area contributed by atoms with E-state index in [1.165, 1.54) is 0 Å². The van der Waals surface area contributed by atoms with Gasteiger partial charge < -0.3 is 0 Å². The Kier molecular flexibility index (Phi) is 1.66. The van der Waals surface area contributed by atoms with Gasteiger partial charge >= 0.3 is 0 Å². The number of rotatable bonds is 0. The molecule has 1 unspecified atom stereocenters. The van der Waals surface area contributed by atoms with Gasteiger partial charge in [-0.1, -0.05) is 13.0 Å². The molecule has 0 aliphatic heterocycles. The van der Waals surface area contributed by atoms with E-state index in [1.54, 1.807) is 12.1 Å². The van der Waals surface area contributed by atoms with Crippen molar-refractivity contribution < 1.29 is 4.79 Å². The lowest BCUT2D eigenvalue weighted by atomic mass is 10.1. The van der Waals surface area contributed by atoms with Gasteiger partial charge in [0.15, 0.2) is 5.78 Å². The minimum Gasteiger partial charge on any atom is -0.294 e.